The molecule has 128 valence electrons. The Balaban J connectivity index is 2.22. The van der Waals surface area contributed by atoms with Crippen molar-refractivity contribution in [3.8, 4) is 5.75 Å². The van der Waals surface area contributed by atoms with E-state index in [2.05, 4.69) is 32.0 Å². The highest BCUT2D eigenvalue weighted by atomic mass is 16.5. The zero-order valence-corrected chi connectivity index (χ0v) is 14.5. The molecule has 0 radical (unpaired) electrons. The molecule has 1 aliphatic carbocycles. The molecule has 0 aromatic heterocycles. The highest BCUT2D eigenvalue weighted by molar-refractivity contribution is 5.70. The number of aliphatic carboxylic acids is 1. The number of carboxylic acid groups (broad SMARTS) is 1. The van der Waals surface area contributed by atoms with E-state index in [1.807, 2.05) is 6.07 Å². The van der Waals surface area contributed by atoms with Crippen LogP contribution in [-0.4, -0.2) is 17.7 Å². The van der Waals surface area contributed by atoms with Crippen LogP contribution in [0.4, 0.5) is 0 Å². The molecule has 0 atom stereocenters. The maximum atomic E-state index is 11.3. The molecule has 0 spiro atoms. The standard InChI is InChI=1S/C20H30O3/c1-3-5-15-23-18-9-7-6-8-17(18)20(12-4-2)13-10-16(11-14-20)19(21)22/h6-9,16H,3-5,10-15H2,1-2H3,(H,21,22). The number of hydrogen-bond acceptors (Lipinski definition) is 2. The topological polar surface area (TPSA) is 46.5 Å². The van der Waals surface area contributed by atoms with Crippen LogP contribution in [0.1, 0.15) is 70.8 Å². The van der Waals surface area contributed by atoms with Crippen molar-refractivity contribution in [2.45, 2.75) is 70.6 Å². The maximum absolute atomic E-state index is 11.3. The molecule has 1 aromatic rings. The van der Waals surface area contributed by atoms with Gasteiger partial charge in [0.2, 0.25) is 0 Å². The minimum absolute atomic E-state index is 0.0868. The smallest absolute Gasteiger partial charge is 0.306 e. The van der Waals surface area contributed by atoms with Crippen LogP contribution in [0.15, 0.2) is 24.3 Å². The van der Waals surface area contributed by atoms with E-state index in [4.69, 9.17) is 4.74 Å². The number of para-hydroxylation sites is 1. The van der Waals surface area contributed by atoms with Crippen LogP contribution >= 0.6 is 0 Å². The Morgan fingerprint density at radius 3 is 2.52 bits per heavy atom. The van der Waals surface area contributed by atoms with Crippen LogP contribution in [-0.2, 0) is 10.2 Å². The SMILES string of the molecule is CCCCOc1ccccc1C1(CCC)CCC(C(=O)O)CC1. The Bertz CT molecular complexity index is 501. The molecule has 0 saturated heterocycles. The second-order valence-electron chi connectivity index (χ2n) is 6.84. The number of carbonyl (C=O) groups is 1. The second-order valence-corrected chi connectivity index (χ2v) is 6.84. The van der Waals surface area contributed by atoms with Crippen molar-refractivity contribution in [3.05, 3.63) is 29.8 Å². The van der Waals surface area contributed by atoms with Gasteiger partial charge in [-0.1, -0.05) is 44.9 Å². The van der Waals surface area contributed by atoms with Crippen molar-refractivity contribution < 1.29 is 14.6 Å². The first kappa shape index (κ1) is 17.8. The number of benzene rings is 1. The van der Waals surface area contributed by atoms with Gasteiger partial charge in [-0.05, 0) is 50.0 Å². The molecule has 0 aliphatic heterocycles. The Kier molecular flexibility index (Phi) is 6.49. The summed E-state index contributed by atoms with van der Waals surface area (Å²) in [6.07, 6.45) is 7.86. The summed E-state index contributed by atoms with van der Waals surface area (Å²) in [5.74, 6) is 0.193. The van der Waals surface area contributed by atoms with E-state index in [9.17, 15) is 9.90 Å². The van der Waals surface area contributed by atoms with Gasteiger partial charge in [-0.15, -0.1) is 0 Å². The molecule has 1 N–H and O–H groups in total. The van der Waals surface area contributed by atoms with Gasteiger partial charge in [0, 0.05) is 5.56 Å². The van der Waals surface area contributed by atoms with Crippen molar-refractivity contribution in [3.63, 3.8) is 0 Å². The van der Waals surface area contributed by atoms with E-state index in [1.165, 1.54) is 5.56 Å². The van der Waals surface area contributed by atoms with Gasteiger partial charge in [0.05, 0.1) is 12.5 Å². The lowest BCUT2D eigenvalue weighted by Gasteiger charge is -2.40. The minimum atomic E-state index is -0.637. The molecule has 0 heterocycles. The molecule has 1 aromatic carbocycles. The molecule has 0 bridgehead atoms. The van der Waals surface area contributed by atoms with E-state index in [0.29, 0.717) is 0 Å². The van der Waals surface area contributed by atoms with Gasteiger partial charge < -0.3 is 9.84 Å². The summed E-state index contributed by atoms with van der Waals surface area (Å²) >= 11 is 0. The third kappa shape index (κ3) is 4.27. The summed E-state index contributed by atoms with van der Waals surface area (Å²) < 4.78 is 6.06. The van der Waals surface area contributed by atoms with Crippen LogP contribution in [0.5, 0.6) is 5.75 Å². The Hall–Kier alpha value is -1.51. The van der Waals surface area contributed by atoms with Crippen molar-refractivity contribution in [1.82, 2.24) is 0 Å². The van der Waals surface area contributed by atoms with Crippen LogP contribution in [0.3, 0.4) is 0 Å². The second kappa shape index (κ2) is 8.37. The van der Waals surface area contributed by atoms with E-state index >= 15 is 0 Å². The first-order valence-corrected chi connectivity index (χ1v) is 9.08. The Morgan fingerprint density at radius 2 is 1.91 bits per heavy atom. The lowest BCUT2D eigenvalue weighted by molar-refractivity contribution is -0.143. The average molecular weight is 318 g/mol. The quantitative estimate of drug-likeness (QED) is 0.672. The zero-order valence-electron chi connectivity index (χ0n) is 14.5. The average Bonchev–Trinajstić information content (AvgIpc) is 2.56. The van der Waals surface area contributed by atoms with E-state index in [-0.39, 0.29) is 11.3 Å². The monoisotopic (exact) mass is 318 g/mol. The third-order valence-corrected chi connectivity index (χ3v) is 5.23. The number of carboxylic acids is 1. The molecule has 2 rings (SSSR count). The van der Waals surface area contributed by atoms with Crippen LogP contribution in [0.2, 0.25) is 0 Å². The van der Waals surface area contributed by atoms with Crippen molar-refractivity contribution >= 4 is 5.97 Å². The fourth-order valence-electron chi connectivity index (χ4n) is 3.91. The molecule has 1 aliphatic rings. The van der Waals surface area contributed by atoms with Crippen LogP contribution in [0.25, 0.3) is 0 Å². The molecular weight excluding hydrogens is 288 g/mol. The lowest BCUT2D eigenvalue weighted by atomic mass is 9.64. The van der Waals surface area contributed by atoms with Crippen LogP contribution < -0.4 is 4.74 Å². The minimum Gasteiger partial charge on any atom is -0.493 e. The maximum Gasteiger partial charge on any atom is 0.306 e. The predicted octanol–water partition coefficient (Wildman–Crippen LogP) is 5.18. The fourth-order valence-corrected chi connectivity index (χ4v) is 3.91. The summed E-state index contributed by atoms with van der Waals surface area (Å²) in [6.45, 7) is 5.14. The lowest BCUT2D eigenvalue weighted by Crippen LogP contribution is -2.34. The summed E-state index contributed by atoms with van der Waals surface area (Å²) in [5.41, 5.74) is 1.38. The zero-order chi connectivity index (χ0) is 16.7. The molecule has 23 heavy (non-hydrogen) atoms. The number of rotatable bonds is 8. The molecule has 1 fully saturated rings. The molecule has 3 nitrogen and oxygen atoms in total. The van der Waals surface area contributed by atoms with E-state index in [0.717, 1.165) is 63.7 Å². The number of hydrogen-bond donors (Lipinski definition) is 1. The number of unbranched alkanes of at least 4 members (excludes halogenated alkanes) is 1. The van der Waals surface area contributed by atoms with Gasteiger partial charge in [0.15, 0.2) is 0 Å². The molecule has 0 unspecified atom stereocenters. The van der Waals surface area contributed by atoms with Gasteiger partial charge >= 0.3 is 5.97 Å². The van der Waals surface area contributed by atoms with Gasteiger partial charge in [-0.3, -0.25) is 4.79 Å². The first-order chi connectivity index (χ1) is 11.1. The van der Waals surface area contributed by atoms with Gasteiger partial charge in [-0.2, -0.15) is 0 Å². The van der Waals surface area contributed by atoms with Crippen molar-refractivity contribution in [2.75, 3.05) is 6.61 Å². The van der Waals surface area contributed by atoms with Crippen molar-refractivity contribution in [2.24, 2.45) is 5.92 Å². The molecule has 0 amide bonds. The largest absolute Gasteiger partial charge is 0.493 e. The summed E-state index contributed by atoms with van der Waals surface area (Å²) in [6, 6.07) is 8.39. The number of ether oxygens (including phenoxy) is 1. The molecule has 1 saturated carbocycles. The molecular formula is C20H30O3. The Labute approximate surface area is 140 Å². The summed E-state index contributed by atoms with van der Waals surface area (Å²) in [5, 5.41) is 9.28. The van der Waals surface area contributed by atoms with Crippen molar-refractivity contribution in [1.29, 1.82) is 0 Å². The normalized spacial score (nSPS) is 24.3. The van der Waals surface area contributed by atoms with Crippen LogP contribution in [0, 0.1) is 5.92 Å². The molecule has 3 heteroatoms. The van der Waals surface area contributed by atoms with E-state index < -0.39 is 5.97 Å². The predicted molar refractivity (Wildman–Crippen MR) is 93.0 cm³/mol. The van der Waals surface area contributed by atoms with Gasteiger partial charge in [-0.25, -0.2) is 0 Å². The summed E-state index contributed by atoms with van der Waals surface area (Å²) in [7, 11) is 0. The Morgan fingerprint density at radius 1 is 1.22 bits per heavy atom. The van der Waals surface area contributed by atoms with E-state index in [1.54, 1.807) is 0 Å². The highest BCUT2D eigenvalue weighted by Gasteiger charge is 2.39. The van der Waals surface area contributed by atoms with Gasteiger partial charge in [0.1, 0.15) is 5.75 Å². The first-order valence-electron chi connectivity index (χ1n) is 9.08. The summed E-state index contributed by atoms with van der Waals surface area (Å²) in [4.78, 5) is 11.3. The fraction of sp³-hybridized carbons (Fsp3) is 0.650. The van der Waals surface area contributed by atoms with Gasteiger partial charge in [0.25, 0.3) is 0 Å². The highest BCUT2D eigenvalue weighted by Crippen LogP contribution is 2.47. The third-order valence-electron chi connectivity index (χ3n) is 5.23.